The van der Waals surface area contributed by atoms with Gasteiger partial charge in [-0.25, -0.2) is 4.44 Å². The Kier molecular flexibility index (Phi) is 13.6. The van der Waals surface area contributed by atoms with Crippen LogP contribution in [0.5, 0.6) is 0 Å². The third kappa shape index (κ3) is 9.58. The number of rotatable bonds is 17. The van der Waals surface area contributed by atoms with Crippen molar-refractivity contribution >= 4 is 50.0 Å². The third-order valence-electron chi connectivity index (χ3n) is 6.98. The minimum absolute atomic E-state index is 0.681. The third-order valence-corrected chi connectivity index (χ3v) is 12.8. The summed E-state index contributed by atoms with van der Waals surface area (Å²) in [7, 11) is -1.36. The summed E-state index contributed by atoms with van der Waals surface area (Å²) in [6, 6.07) is 44.9. The molecule has 0 heterocycles. The van der Waals surface area contributed by atoms with Crippen LogP contribution in [0.25, 0.3) is 0 Å². The molecule has 0 bridgehead atoms. The van der Waals surface area contributed by atoms with Gasteiger partial charge in [-0.2, -0.15) is 12.6 Å². The van der Waals surface area contributed by atoms with Crippen molar-refractivity contribution in [1.29, 1.82) is 0 Å². The highest BCUT2D eigenvalue weighted by molar-refractivity contribution is 7.84. The van der Waals surface area contributed by atoms with Gasteiger partial charge in [0.1, 0.15) is 0 Å². The lowest BCUT2D eigenvalue weighted by Crippen LogP contribution is -2.32. The van der Waals surface area contributed by atoms with Crippen molar-refractivity contribution in [3.63, 3.8) is 0 Å². The van der Waals surface area contributed by atoms with Crippen LogP contribution in [-0.2, 0) is 0 Å². The largest absolute Gasteiger partial charge is 0.245 e. The van der Waals surface area contributed by atoms with E-state index in [1.807, 2.05) is 0 Å². The van der Waals surface area contributed by atoms with Crippen LogP contribution >= 0.6 is 28.8 Å². The zero-order chi connectivity index (χ0) is 27.0. The van der Waals surface area contributed by atoms with E-state index in [2.05, 4.69) is 138 Å². The summed E-state index contributed by atoms with van der Waals surface area (Å²) < 4.78 is 2.89. The normalized spacial score (nSPS) is 11.5. The molecule has 4 aromatic rings. The first-order chi connectivity index (χ1) is 19.4. The highest BCUT2D eigenvalue weighted by Gasteiger charge is 2.31. The fourth-order valence-electron chi connectivity index (χ4n) is 5.00. The van der Waals surface area contributed by atoms with E-state index in [1.165, 1.54) is 79.0 Å². The van der Waals surface area contributed by atoms with Crippen molar-refractivity contribution in [1.82, 2.24) is 4.44 Å². The first-order valence-electron chi connectivity index (χ1n) is 14.6. The van der Waals surface area contributed by atoms with E-state index >= 15 is 0 Å². The summed E-state index contributed by atoms with van der Waals surface area (Å²) in [5.41, 5.74) is 0. The molecule has 0 aromatic heterocycles. The molecule has 4 heteroatoms. The van der Waals surface area contributed by atoms with E-state index in [0.29, 0.717) is 0 Å². The molecule has 0 aliphatic rings. The number of hydrogen-bond acceptors (Lipinski definition) is 2. The maximum atomic E-state index is 4.34. The molecule has 4 rings (SSSR count). The Hall–Kier alpha value is -1.95. The fourth-order valence-corrected chi connectivity index (χ4v) is 11.3. The van der Waals surface area contributed by atoms with E-state index in [1.54, 1.807) is 0 Å². The minimum Gasteiger partial charge on any atom is -0.245 e. The molecule has 0 amide bonds. The van der Waals surface area contributed by atoms with Gasteiger partial charge in [0, 0.05) is 22.7 Å². The molecule has 0 radical (unpaired) electrons. The molecule has 204 valence electrons. The smallest absolute Gasteiger partial charge is 0.0323 e. The van der Waals surface area contributed by atoms with Crippen molar-refractivity contribution in [2.45, 2.75) is 57.8 Å². The second-order valence-corrected chi connectivity index (χ2v) is 15.0. The fraction of sp³-hybridized carbons (Fsp3) is 0.314. The molecule has 0 saturated heterocycles. The van der Waals surface area contributed by atoms with E-state index in [9.17, 15) is 0 Å². The van der Waals surface area contributed by atoms with Crippen LogP contribution in [0.2, 0.25) is 0 Å². The predicted molar refractivity (Wildman–Crippen MR) is 180 cm³/mol. The average Bonchev–Trinajstić information content (AvgIpc) is 3.00. The lowest BCUT2D eigenvalue weighted by atomic mass is 10.1. The number of unbranched alkanes of at least 4 members (excludes halogenated alkanes) is 8. The maximum Gasteiger partial charge on any atom is 0.0323 e. The molecule has 0 unspecified atom stereocenters. The summed E-state index contributed by atoms with van der Waals surface area (Å²) in [6.07, 6.45) is 11.9. The van der Waals surface area contributed by atoms with Crippen molar-refractivity contribution in [2.24, 2.45) is 0 Å². The summed E-state index contributed by atoms with van der Waals surface area (Å²) in [5, 5.41) is 5.72. The van der Waals surface area contributed by atoms with Crippen LogP contribution in [0, 0.1) is 0 Å². The highest BCUT2D eigenvalue weighted by Crippen LogP contribution is 2.54. The molecule has 0 fully saturated rings. The Labute approximate surface area is 245 Å². The van der Waals surface area contributed by atoms with Crippen LogP contribution in [0.3, 0.4) is 0 Å². The van der Waals surface area contributed by atoms with Crippen LogP contribution in [0.1, 0.15) is 57.8 Å². The van der Waals surface area contributed by atoms with E-state index in [0.717, 1.165) is 12.3 Å². The van der Waals surface area contributed by atoms with Crippen molar-refractivity contribution < 1.29 is 0 Å². The van der Waals surface area contributed by atoms with Gasteiger partial charge in [-0.15, -0.1) is 0 Å². The van der Waals surface area contributed by atoms with Gasteiger partial charge in [0.2, 0.25) is 0 Å². The second-order valence-electron chi connectivity index (χ2n) is 9.97. The van der Waals surface area contributed by atoms with Gasteiger partial charge in [0.05, 0.1) is 0 Å². The Morgan fingerprint density at radius 2 is 0.667 bits per heavy atom. The van der Waals surface area contributed by atoms with Crippen LogP contribution in [-0.4, -0.2) is 16.7 Å². The lowest BCUT2D eigenvalue weighted by molar-refractivity contribution is 0.547. The topological polar surface area (TPSA) is 3.24 Å². The average molecular weight is 572 g/mol. The molecule has 4 aromatic carbocycles. The zero-order valence-corrected chi connectivity index (χ0v) is 25.8. The quantitative estimate of drug-likeness (QED) is 0.0753. The summed E-state index contributed by atoms with van der Waals surface area (Å²) >= 11 is 4.34. The molecule has 0 saturated carbocycles. The van der Waals surface area contributed by atoms with Gasteiger partial charge in [-0.3, -0.25) is 0 Å². The molecular weight excluding hydrogens is 528 g/mol. The number of thiol groups is 1. The predicted octanol–water partition coefficient (Wildman–Crippen LogP) is 8.82. The van der Waals surface area contributed by atoms with Gasteiger partial charge in [0.25, 0.3) is 0 Å². The van der Waals surface area contributed by atoms with Crippen LogP contribution < -0.4 is 21.2 Å². The molecule has 1 nitrogen and oxygen atoms in total. The number of hydrogen-bond donors (Lipinski definition) is 1. The Bertz CT molecular complexity index is 996. The van der Waals surface area contributed by atoms with Gasteiger partial charge in [-0.05, 0) is 39.8 Å². The number of nitrogens with zero attached hydrogens (tertiary/aromatic N) is 1. The standard InChI is InChI=1S/C35H43NP2S/c39-31-21-7-5-3-1-2-4-6-20-30-36(37(32-22-12-8-13-23-32)33-24-14-9-15-25-33)38(34-26-16-10-17-27-34)35-28-18-11-19-29-35/h8-19,22-29,39H,1-7,20-21,30-31H2. The number of benzene rings is 4. The zero-order valence-electron chi connectivity index (χ0n) is 23.1. The van der Waals surface area contributed by atoms with E-state index < -0.39 is 16.1 Å². The van der Waals surface area contributed by atoms with E-state index in [4.69, 9.17) is 0 Å². The van der Waals surface area contributed by atoms with Crippen molar-refractivity contribution in [2.75, 3.05) is 12.3 Å². The minimum atomic E-state index is -0.681. The molecule has 0 spiro atoms. The van der Waals surface area contributed by atoms with Crippen molar-refractivity contribution in [3.8, 4) is 0 Å². The second kappa shape index (κ2) is 17.7. The molecule has 0 N–H and O–H groups in total. The van der Waals surface area contributed by atoms with Gasteiger partial charge < -0.3 is 0 Å². The summed E-state index contributed by atoms with van der Waals surface area (Å²) in [6.45, 7) is 1.10. The monoisotopic (exact) mass is 571 g/mol. The molecule has 0 aliphatic heterocycles. The first kappa shape index (κ1) is 30.0. The maximum absolute atomic E-state index is 4.34. The highest BCUT2D eigenvalue weighted by atomic mass is 32.1. The molecule has 0 atom stereocenters. The summed E-state index contributed by atoms with van der Waals surface area (Å²) in [4.78, 5) is 0. The first-order valence-corrected chi connectivity index (χ1v) is 17.8. The Morgan fingerprint density at radius 3 is 0.974 bits per heavy atom. The van der Waals surface area contributed by atoms with Gasteiger partial charge >= 0.3 is 0 Å². The van der Waals surface area contributed by atoms with Gasteiger partial charge in [-0.1, -0.05) is 166 Å². The molecule has 39 heavy (non-hydrogen) atoms. The Morgan fingerprint density at radius 1 is 0.385 bits per heavy atom. The van der Waals surface area contributed by atoms with E-state index in [-0.39, 0.29) is 0 Å². The molecule has 0 aliphatic carbocycles. The molecular formula is C35H43NP2S. The van der Waals surface area contributed by atoms with Crippen LogP contribution in [0.4, 0.5) is 0 Å². The Balaban J connectivity index is 1.59. The van der Waals surface area contributed by atoms with Crippen molar-refractivity contribution in [3.05, 3.63) is 121 Å². The van der Waals surface area contributed by atoms with Crippen LogP contribution in [0.15, 0.2) is 121 Å². The lowest BCUT2D eigenvalue weighted by Gasteiger charge is -2.39. The summed E-state index contributed by atoms with van der Waals surface area (Å²) in [5.74, 6) is 1.03. The van der Waals surface area contributed by atoms with Gasteiger partial charge in [0.15, 0.2) is 0 Å². The SMILES string of the molecule is SCCCCCCCCCCCN(P(c1ccccc1)c1ccccc1)P(c1ccccc1)c1ccccc1.